The van der Waals surface area contributed by atoms with Crippen LogP contribution in [0.5, 0.6) is 0 Å². The van der Waals surface area contributed by atoms with Gasteiger partial charge in [-0.15, -0.1) is 11.6 Å². The molecule has 0 radical (unpaired) electrons. The Morgan fingerprint density at radius 2 is 2.08 bits per heavy atom. The molecule has 6 heteroatoms. The van der Waals surface area contributed by atoms with Crippen molar-refractivity contribution >= 4 is 23.5 Å². The van der Waals surface area contributed by atoms with Gasteiger partial charge in [-0.25, -0.2) is 4.79 Å². The second-order valence-electron chi connectivity index (χ2n) is 3.26. The van der Waals surface area contributed by atoms with Crippen LogP contribution in [0.2, 0.25) is 0 Å². The highest BCUT2D eigenvalue weighted by molar-refractivity contribution is 6.20. The number of hydrogen-bond acceptors (Lipinski definition) is 3. The van der Waals surface area contributed by atoms with Gasteiger partial charge in [0, 0.05) is 0 Å². The fourth-order valence-electron chi connectivity index (χ4n) is 1.69. The normalized spacial score (nSPS) is 39.0. The average Bonchev–Trinajstić information content (AvgIpc) is 2.02. The summed E-state index contributed by atoms with van der Waals surface area (Å²) in [7, 11) is 0. The summed E-state index contributed by atoms with van der Waals surface area (Å²) in [5.41, 5.74) is -0.160. The molecule has 2 aliphatic heterocycles. The quantitative estimate of drug-likeness (QED) is 0.375. The van der Waals surface area contributed by atoms with E-state index in [0.717, 1.165) is 6.42 Å². The van der Waals surface area contributed by atoms with E-state index in [1.165, 1.54) is 0 Å². The van der Waals surface area contributed by atoms with E-state index in [0.29, 0.717) is 6.42 Å². The molecule has 0 bridgehead atoms. The third-order valence-corrected chi connectivity index (χ3v) is 2.70. The summed E-state index contributed by atoms with van der Waals surface area (Å²) in [5, 5.41) is 7.79. The summed E-state index contributed by atoms with van der Waals surface area (Å²) in [5.74, 6) is -0.405. The predicted octanol–water partition coefficient (Wildman–Crippen LogP) is -0.284. The van der Waals surface area contributed by atoms with Crippen LogP contribution in [-0.2, 0) is 4.79 Å². The number of carbonyl (C=O) groups excluding carboxylic acids is 2. The molecule has 2 saturated heterocycles. The van der Waals surface area contributed by atoms with Gasteiger partial charge in [-0.3, -0.25) is 15.4 Å². The SMILES string of the molecule is O=C1NC(=O)C2CCC(Cl)NC2N1. The van der Waals surface area contributed by atoms with Crippen LogP contribution in [-0.4, -0.2) is 23.6 Å². The zero-order chi connectivity index (χ0) is 9.42. The van der Waals surface area contributed by atoms with Gasteiger partial charge in [-0.1, -0.05) is 0 Å². The first-order valence-corrected chi connectivity index (χ1v) is 4.62. The topological polar surface area (TPSA) is 70.2 Å². The molecule has 5 nitrogen and oxygen atoms in total. The van der Waals surface area contributed by atoms with Gasteiger partial charge in [0.15, 0.2) is 0 Å². The lowest BCUT2D eigenvalue weighted by Gasteiger charge is -2.37. The zero-order valence-corrected chi connectivity index (χ0v) is 7.60. The molecule has 0 aromatic rings. The molecular formula is C7H10ClN3O2. The Labute approximate surface area is 80.2 Å². The number of amides is 3. The van der Waals surface area contributed by atoms with Crippen molar-refractivity contribution in [2.45, 2.75) is 24.5 Å². The molecule has 3 amide bonds. The van der Waals surface area contributed by atoms with Gasteiger partial charge >= 0.3 is 6.03 Å². The van der Waals surface area contributed by atoms with Crippen molar-refractivity contribution in [1.82, 2.24) is 16.0 Å². The van der Waals surface area contributed by atoms with E-state index in [1.54, 1.807) is 0 Å². The highest BCUT2D eigenvalue weighted by Gasteiger charge is 2.38. The Bertz CT molecular complexity index is 258. The largest absolute Gasteiger partial charge is 0.322 e. The van der Waals surface area contributed by atoms with Crippen molar-refractivity contribution in [1.29, 1.82) is 0 Å². The van der Waals surface area contributed by atoms with E-state index in [9.17, 15) is 9.59 Å². The van der Waals surface area contributed by atoms with E-state index in [4.69, 9.17) is 11.6 Å². The lowest BCUT2D eigenvalue weighted by molar-refractivity contribution is -0.127. The fourth-order valence-corrected chi connectivity index (χ4v) is 1.96. The molecule has 13 heavy (non-hydrogen) atoms. The van der Waals surface area contributed by atoms with Crippen molar-refractivity contribution in [2.75, 3.05) is 0 Å². The molecule has 2 fully saturated rings. The number of urea groups is 1. The number of fused-ring (bicyclic) bond motifs is 1. The van der Waals surface area contributed by atoms with Gasteiger partial charge in [0.05, 0.1) is 17.6 Å². The molecule has 0 aromatic carbocycles. The number of alkyl halides is 1. The van der Waals surface area contributed by atoms with Gasteiger partial charge in [0.2, 0.25) is 5.91 Å². The highest BCUT2D eigenvalue weighted by atomic mass is 35.5. The second kappa shape index (κ2) is 3.16. The van der Waals surface area contributed by atoms with Crippen LogP contribution < -0.4 is 16.0 Å². The molecule has 2 aliphatic rings. The number of rotatable bonds is 0. The van der Waals surface area contributed by atoms with Crippen LogP contribution in [0, 0.1) is 5.92 Å². The molecule has 0 saturated carbocycles. The van der Waals surface area contributed by atoms with Gasteiger partial charge in [-0.05, 0) is 12.8 Å². The second-order valence-corrected chi connectivity index (χ2v) is 3.79. The van der Waals surface area contributed by atoms with Crippen molar-refractivity contribution in [3.63, 3.8) is 0 Å². The minimum Gasteiger partial charge on any atom is -0.322 e. The van der Waals surface area contributed by atoms with E-state index in [-0.39, 0.29) is 23.5 Å². The van der Waals surface area contributed by atoms with Crippen LogP contribution in [0.1, 0.15) is 12.8 Å². The average molecular weight is 204 g/mol. The predicted molar refractivity (Wildman–Crippen MR) is 46.0 cm³/mol. The number of hydrogen-bond donors (Lipinski definition) is 3. The summed E-state index contributed by atoms with van der Waals surface area (Å²) >= 11 is 5.84. The van der Waals surface area contributed by atoms with Crippen molar-refractivity contribution in [3.05, 3.63) is 0 Å². The molecule has 3 unspecified atom stereocenters. The standard InChI is InChI=1S/C7H10ClN3O2/c8-4-2-1-3-5(9-4)10-7(13)11-6(3)12/h3-5,9H,1-2H2,(H2,10,11,12,13). The van der Waals surface area contributed by atoms with Gasteiger partial charge in [0.1, 0.15) is 0 Å². The van der Waals surface area contributed by atoms with E-state index in [2.05, 4.69) is 16.0 Å². The Hall–Kier alpha value is -0.810. The summed E-state index contributed by atoms with van der Waals surface area (Å²) in [6, 6.07) is -0.454. The van der Waals surface area contributed by atoms with Gasteiger partial charge in [-0.2, -0.15) is 0 Å². The third kappa shape index (κ3) is 1.62. The summed E-state index contributed by atoms with van der Waals surface area (Å²) in [4.78, 5) is 22.2. The number of carbonyl (C=O) groups is 2. The Morgan fingerprint density at radius 1 is 1.31 bits per heavy atom. The fraction of sp³-hybridized carbons (Fsp3) is 0.714. The van der Waals surface area contributed by atoms with Gasteiger partial charge < -0.3 is 5.32 Å². The molecule has 2 rings (SSSR count). The van der Waals surface area contributed by atoms with Crippen LogP contribution >= 0.6 is 11.6 Å². The molecule has 0 aromatic heterocycles. The van der Waals surface area contributed by atoms with Crippen molar-refractivity contribution in [3.8, 4) is 0 Å². The number of imide groups is 1. The molecule has 0 spiro atoms. The minimum atomic E-state index is -0.454. The Morgan fingerprint density at radius 3 is 2.85 bits per heavy atom. The first-order chi connectivity index (χ1) is 6.16. The lowest BCUT2D eigenvalue weighted by Crippen LogP contribution is -2.66. The van der Waals surface area contributed by atoms with E-state index < -0.39 is 6.03 Å². The molecule has 3 atom stereocenters. The summed E-state index contributed by atoms with van der Waals surface area (Å²) in [6.07, 6.45) is 1.14. The zero-order valence-electron chi connectivity index (χ0n) is 6.84. The maximum Gasteiger partial charge on any atom is 0.322 e. The minimum absolute atomic E-state index is 0.160. The molecule has 72 valence electrons. The lowest BCUT2D eigenvalue weighted by atomic mass is 9.93. The monoisotopic (exact) mass is 203 g/mol. The number of piperidine rings is 1. The molecule has 0 aliphatic carbocycles. The van der Waals surface area contributed by atoms with E-state index >= 15 is 0 Å². The molecule has 2 heterocycles. The van der Waals surface area contributed by atoms with Crippen molar-refractivity contribution in [2.24, 2.45) is 5.92 Å². The van der Waals surface area contributed by atoms with Gasteiger partial charge in [0.25, 0.3) is 0 Å². The number of nitrogens with one attached hydrogen (secondary N) is 3. The third-order valence-electron chi connectivity index (χ3n) is 2.35. The summed E-state index contributed by atoms with van der Waals surface area (Å²) < 4.78 is 0. The maximum absolute atomic E-state index is 11.3. The number of halogens is 1. The van der Waals surface area contributed by atoms with E-state index in [1.807, 2.05) is 0 Å². The maximum atomic E-state index is 11.3. The first kappa shape index (κ1) is 8.77. The first-order valence-electron chi connectivity index (χ1n) is 4.18. The smallest absolute Gasteiger partial charge is 0.322 e. The van der Waals surface area contributed by atoms with Crippen LogP contribution in [0.15, 0.2) is 0 Å². The Balaban J connectivity index is 2.10. The molecular weight excluding hydrogens is 194 g/mol. The highest BCUT2D eigenvalue weighted by Crippen LogP contribution is 2.22. The van der Waals surface area contributed by atoms with Crippen molar-refractivity contribution < 1.29 is 9.59 Å². The summed E-state index contributed by atoms with van der Waals surface area (Å²) in [6.45, 7) is 0. The molecule has 3 N–H and O–H groups in total. The van der Waals surface area contributed by atoms with Crippen LogP contribution in [0.4, 0.5) is 4.79 Å². The van der Waals surface area contributed by atoms with Crippen LogP contribution in [0.3, 0.4) is 0 Å². The van der Waals surface area contributed by atoms with Crippen LogP contribution in [0.25, 0.3) is 0 Å². The Kier molecular flexibility index (Phi) is 2.13.